The van der Waals surface area contributed by atoms with E-state index in [4.69, 9.17) is 0 Å². The van der Waals surface area contributed by atoms with Gasteiger partial charge < -0.3 is 0 Å². The van der Waals surface area contributed by atoms with Gasteiger partial charge in [0.05, 0.1) is 5.69 Å². The molecule has 4 atom stereocenters. The van der Waals surface area contributed by atoms with Crippen molar-refractivity contribution in [1.82, 2.24) is 10.2 Å². The number of carbonyl (C=O) groups excluding carboxylic acids is 3. The molecule has 1 aromatic rings. The fourth-order valence-electron chi connectivity index (χ4n) is 4.67. The van der Waals surface area contributed by atoms with Crippen LogP contribution in [0.5, 0.6) is 0 Å². The molecule has 2 aliphatic carbocycles. The summed E-state index contributed by atoms with van der Waals surface area (Å²) in [5, 5.41) is 2.35. The lowest BCUT2D eigenvalue weighted by Crippen LogP contribution is -2.62. The molecule has 136 valence electrons. The second-order valence-corrected chi connectivity index (χ2v) is 7.48. The third kappa shape index (κ3) is 2.83. The van der Waals surface area contributed by atoms with E-state index in [9.17, 15) is 14.4 Å². The van der Waals surface area contributed by atoms with Crippen molar-refractivity contribution in [2.45, 2.75) is 45.1 Å². The summed E-state index contributed by atoms with van der Waals surface area (Å²) in [7, 11) is 0. The second-order valence-electron chi connectivity index (χ2n) is 7.48. The monoisotopic (exact) mass is 353 g/mol. The van der Waals surface area contributed by atoms with Crippen LogP contribution in [0.25, 0.3) is 0 Å². The predicted octanol–water partition coefficient (Wildman–Crippen LogP) is 2.83. The first kappa shape index (κ1) is 16.9. The van der Waals surface area contributed by atoms with Crippen LogP contribution in [0.1, 0.15) is 38.2 Å². The molecule has 1 saturated heterocycles. The van der Waals surface area contributed by atoms with Crippen LogP contribution in [0.3, 0.4) is 0 Å². The Hall–Kier alpha value is -2.50. The van der Waals surface area contributed by atoms with Crippen molar-refractivity contribution in [3.05, 3.63) is 29.8 Å². The second kappa shape index (κ2) is 6.67. The highest BCUT2D eigenvalue weighted by Crippen LogP contribution is 2.47. The van der Waals surface area contributed by atoms with E-state index in [0.717, 1.165) is 36.9 Å². The molecular weight excluding hydrogens is 330 g/mol. The Morgan fingerprint density at radius 2 is 2.00 bits per heavy atom. The molecule has 1 heterocycles. The van der Waals surface area contributed by atoms with Crippen LogP contribution < -0.4 is 5.32 Å². The molecule has 0 spiro atoms. The van der Waals surface area contributed by atoms with Crippen molar-refractivity contribution in [3.63, 3.8) is 0 Å². The number of hydrogen-bond donors (Lipinski definition) is 1. The highest BCUT2D eigenvalue weighted by atomic mass is 16.2. The maximum absolute atomic E-state index is 12.9. The van der Waals surface area contributed by atoms with E-state index >= 15 is 0 Å². The Balaban J connectivity index is 1.57. The number of benzene rings is 1. The Morgan fingerprint density at radius 3 is 2.69 bits per heavy atom. The van der Waals surface area contributed by atoms with Gasteiger partial charge in [-0.25, -0.2) is 4.79 Å². The first-order valence-electron chi connectivity index (χ1n) is 9.38. The minimum absolute atomic E-state index is 0.0758. The summed E-state index contributed by atoms with van der Waals surface area (Å²) in [6.45, 7) is 2.03. The molecule has 2 saturated carbocycles. The van der Waals surface area contributed by atoms with Gasteiger partial charge in [0.15, 0.2) is 5.92 Å². The molecular formula is C20H23N3O3. The summed E-state index contributed by atoms with van der Waals surface area (Å²) in [6.07, 6.45) is 6.39. The van der Waals surface area contributed by atoms with Gasteiger partial charge in [0, 0.05) is 12.3 Å². The number of imide groups is 2. The number of hydrogen-bond acceptors (Lipinski definition) is 4. The smallest absolute Gasteiger partial charge is 0.277 e. The summed E-state index contributed by atoms with van der Waals surface area (Å²) in [5.41, 5.74) is 1.80. The van der Waals surface area contributed by atoms with Crippen molar-refractivity contribution in [2.24, 2.45) is 22.7 Å². The fourth-order valence-corrected chi connectivity index (χ4v) is 4.67. The van der Waals surface area contributed by atoms with E-state index in [0.29, 0.717) is 11.8 Å². The Kier molecular flexibility index (Phi) is 4.34. The maximum atomic E-state index is 12.9. The standard InChI is InChI=1S/C20H23N3O3/c1-2-13-5-3-4-6-16(13)21-11-15-18(24)22-20(26)23(19(15)25)17-10-12-7-8-14(17)9-12/h3-6,11-12,14-15,17H,2,7-10H2,1H3,(H,22,24,26)/t12-,14-,15+,17-/m0/s1. The summed E-state index contributed by atoms with van der Waals surface area (Å²) < 4.78 is 0. The number of aliphatic imine (C=N–C) groups is 1. The van der Waals surface area contributed by atoms with Gasteiger partial charge in [0.2, 0.25) is 11.8 Å². The average molecular weight is 353 g/mol. The van der Waals surface area contributed by atoms with Crippen LogP contribution >= 0.6 is 0 Å². The van der Waals surface area contributed by atoms with E-state index in [1.165, 1.54) is 17.5 Å². The van der Waals surface area contributed by atoms with E-state index in [1.54, 1.807) is 0 Å². The lowest BCUT2D eigenvalue weighted by molar-refractivity contribution is -0.141. The van der Waals surface area contributed by atoms with Crippen molar-refractivity contribution in [2.75, 3.05) is 0 Å². The number of amides is 4. The molecule has 0 radical (unpaired) electrons. The molecule has 4 rings (SSSR count). The van der Waals surface area contributed by atoms with Gasteiger partial charge in [-0.1, -0.05) is 31.5 Å². The molecule has 2 bridgehead atoms. The molecule has 6 heteroatoms. The predicted molar refractivity (Wildman–Crippen MR) is 97.1 cm³/mol. The topological polar surface area (TPSA) is 78.8 Å². The largest absolute Gasteiger partial charge is 0.331 e. The van der Waals surface area contributed by atoms with Gasteiger partial charge in [-0.05, 0) is 49.1 Å². The van der Waals surface area contributed by atoms with Crippen LogP contribution in [-0.2, 0) is 16.0 Å². The lowest BCUT2D eigenvalue weighted by Gasteiger charge is -2.36. The van der Waals surface area contributed by atoms with Gasteiger partial charge >= 0.3 is 6.03 Å². The van der Waals surface area contributed by atoms with Crippen LogP contribution in [0.15, 0.2) is 29.3 Å². The van der Waals surface area contributed by atoms with E-state index in [2.05, 4.69) is 10.3 Å². The van der Waals surface area contributed by atoms with Crippen LogP contribution in [0.2, 0.25) is 0 Å². The van der Waals surface area contributed by atoms with E-state index < -0.39 is 23.8 Å². The number of rotatable bonds is 4. The van der Waals surface area contributed by atoms with Gasteiger partial charge in [-0.2, -0.15) is 0 Å². The third-order valence-electron chi connectivity index (χ3n) is 6.00. The average Bonchev–Trinajstić information content (AvgIpc) is 3.25. The van der Waals surface area contributed by atoms with Crippen molar-refractivity contribution in [3.8, 4) is 0 Å². The minimum atomic E-state index is -1.04. The van der Waals surface area contributed by atoms with Gasteiger partial charge in [0.25, 0.3) is 0 Å². The molecule has 4 amide bonds. The number of urea groups is 1. The quantitative estimate of drug-likeness (QED) is 0.668. The number of nitrogens with zero attached hydrogens (tertiary/aromatic N) is 2. The molecule has 1 N–H and O–H groups in total. The molecule has 6 nitrogen and oxygen atoms in total. The summed E-state index contributed by atoms with van der Waals surface area (Å²) >= 11 is 0. The molecule has 0 aromatic heterocycles. The summed E-state index contributed by atoms with van der Waals surface area (Å²) in [6, 6.07) is 7.00. The first-order valence-corrected chi connectivity index (χ1v) is 9.38. The maximum Gasteiger partial charge on any atom is 0.331 e. The molecule has 3 fully saturated rings. The highest BCUT2D eigenvalue weighted by molar-refractivity contribution is 6.23. The number of carbonyl (C=O) groups is 3. The molecule has 1 aromatic carbocycles. The normalized spacial score (nSPS) is 31.1. The van der Waals surface area contributed by atoms with Crippen LogP contribution in [0.4, 0.5) is 10.5 Å². The lowest BCUT2D eigenvalue weighted by atomic mass is 9.92. The van der Waals surface area contributed by atoms with Gasteiger partial charge in [0.1, 0.15) is 0 Å². The third-order valence-corrected chi connectivity index (χ3v) is 6.00. The fraction of sp³-hybridized carbons (Fsp3) is 0.500. The molecule has 3 aliphatic rings. The Morgan fingerprint density at radius 1 is 1.19 bits per heavy atom. The molecule has 1 aliphatic heterocycles. The number of aryl methyl sites for hydroxylation is 1. The number of barbiturate groups is 1. The van der Waals surface area contributed by atoms with Crippen LogP contribution in [-0.4, -0.2) is 35.0 Å². The summed E-state index contributed by atoms with van der Waals surface area (Å²) in [4.78, 5) is 43.2. The summed E-state index contributed by atoms with van der Waals surface area (Å²) in [5.74, 6) is -1.09. The van der Waals surface area contributed by atoms with E-state index in [-0.39, 0.29) is 6.04 Å². The zero-order valence-corrected chi connectivity index (χ0v) is 14.9. The van der Waals surface area contributed by atoms with E-state index in [1.807, 2.05) is 31.2 Å². The molecule has 0 unspecified atom stereocenters. The van der Waals surface area contributed by atoms with Crippen LogP contribution in [0, 0.1) is 17.8 Å². The van der Waals surface area contributed by atoms with Crippen molar-refractivity contribution >= 4 is 29.7 Å². The SMILES string of the molecule is CCc1ccccc1N=C[C@@H]1C(=O)NC(=O)N([C@H]2C[C@H]3CC[C@H]2C3)C1=O. The van der Waals surface area contributed by atoms with Gasteiger partial charge in [-0.3, -0.25) is 24.8 Å². The van der Waals surface area contributed by atoms with Gasteiger partial charge in [-0.15, -0.1) is 0 Å². The number of fused-ring (bicyclic) bond motifs is 2. The highest BCUT2D eigenvalue weighted by Gasteiger charge is 2.50. The Bertz CT molecular complexity index is 788. The molecule has 26 heavy (non-hydrogen) atoms. The number of nitrogens with one attached hydrogen (secondary N) is 1. The minimum Gasteiger partial charge on any atom is -0.277 e. The van der Waals surface area contributed by atoms with Crippen molar-refractivity contribution < 1.29 is 14.4 Å². The zero-order valence-electron chi connectivity index (χ0n) is 14.9. The first-order chi connectivity index (χ1) is 12.6. The van der Waals surface area contributed by atoms with Crippen molar-refractivity contribution in [1.29, 1.82) is 0 Å². The zero-order chi connectivity index (χ0) is 18.3. The number of para-hydroxylation sites is 1. The Labute approximate surface area is 152 Å².